The Hall–Kier alpha value is -2.44. The van der Waals surface area contributed by atoms with Gasteiger partial charge < -0.3 is 10.1 Å². The lowest BCUT2D eigenvalue weighted by molar-refractivity contribution is -0.0498. The highest BCUT2D eigenvalue weighted by molar-refractivity contribution is 5.94. The van der Waals surface area contributed by atoms with E-state index >= 15 is 0 Å². The predicted octanol–water partition coefficient (Wildman–Crippen LogP) is 2.26. The van der Waals surface area contributed by atoms with Crippen LogP contribution in [0.1, 0.15) is 21.7 Å². The van der Waals surface area contributed by atoms with E-state index in [0.29, 0.717) is 12.1 Å². The molecular formula is C14H15F2N3O2. The topological polar surface area (TPSA) is 56.1 Å². The lowest BCUT2D eigenvalue weighted by atomic mass is 10.2. The standard InChI is InChI=1S/C14H15F2N3O2/c1-9-7-11(18-19(9)2)8-17-13(20)10-3-5-12(6-4-10)21-14(15)16/h3-7,14H,8H2,1-2H3,(H,17,20). The summed E-state index contributed by atoms with van der Waals surface area (Å²) in [6, 6.07) is 7.38. The third kappa shape index (κ3) is 4.01. The van der Waals surface area contributed by atoms with Crippen LogP contribution in [0.2, 0.25) is 0 Å². The zero-order valence-corrected chi connectivity index (χ0v) is 11.6. The fraction of sp³-hybridized carbons (Fsp3) is 0.286. The molecule has 7 heteroatoms. The summed E-state index contributed by atoms with van der Waals surface area (Å²) in [7, 11) is 1.82. The van der Waals surface area contributed by atoms with Crippen LogP contribution in [0, 0.1) is 6.92 Å². The van der Waals surface area contributed by atoms with Gasteiger partial charge in [-0.25, -0.2) is 0 Å². The second-order valence-electron chi connectivity index (χ2n) is 4.49. The van der Waals surface area contributed by atoms with Crippen molar-refractivity contribution in [1.29, 1.82) is 0 Å². The number of aromatic nitrogens is 2. The number of nitrogens with one attached hydrogen (secondary N) is 1. The molecule has 0 bridgehead atoms. The van der Waals surface area contributed by atoms with Crippen LogP contribution in [0.4, 0.5) is 8.78 Å². The molecule has 0 atom stereocenters. The van der Waals surface area contributed by atoms with Gasteiger partial charge in [0.15, 0.2) is 0 Å². The quantitative estimate of drug-likeness (QED) is 0.920. The second-order valence-corrected chi connectivity index (χ2v) is 4.49. The molecule has 0 aliphatic heterocycles. The molecule has 0 aliphatic carbocycles. The summed E-state index contributed by atoms with van der Waals surface area (Å²) in [5, 5.41) is 6.93. The number of carbonyl (C=O) groups is 1. The summed E-state index contributed by atoms with van der Waals surface area (Å²) in [4.78, 5) is 11.9. The molecule has 5 nitrogen and oxygen atoms in total. The van der Waals surface area contributed by atoms with Crippen molar-refractivity contribution in [2.45, 2.75) is 20.1 Å². The molecule has 112 valence electrons. The van der Waals surface area contributed by atoms with Gasteiger partial charge in [-0.15, -0.1) is 0 Å². The number of alkyl halides is 2. The van der Waals surface area contributed by atoms with E-state index in [0.717, 1.165) is 11.4 Å². The highest BCUT2D eigenvalue weighted by Gasteiger charge is 2.09. The summed E-state index contributed by atoms with van der Waals surface area (Å²) in [5.41, 5.74) is 2.11. The van der Waals surface area contributed by atoms with Gasteiger partial charge in [-0.1, -0.05) is 0 Å². The van der Waals surface area contributed by atoms with Gasteiger partial charge in [0.1, 0.15) is 5.75 Å². The van der Waals surface area contributed by atoms with Gasteiger partial charge in [-0.3, -0.25) is 9.48 Å². The van der Waals surface area contributed by atoms with Gasteiger partial charge in [0.25, 0.3) is 5.91 Å². The fourth-order valence-corrected chi connectivity index (χ4v) is 1.78. The summed E-state index contributed by atoms with van der Waals surface area (Å²) in [5.74, 6) is -0.288. The Kier molecular flexibility index (Phi) is 4.52. The average Bonchev–Trinajstić information content (AvgIpc) is 2.75. The van der Waals surface area contributed by atoms with Crippen LogP contribution in [0.3, 0.4) is 0 Å². The van der Waals surface area contributed by atoms with Gasteiger partial charge in [0.05, 0.1) is 12.2 Å². The smallest absolute Gasteiger partial charge is 0.387 e. The van der Waals surface area contributed by atoms with Crippen molar-refractivity contribution in [2.24, 2.45) is 7.05 Å². The summed E-state index contributed by atoms with van der Waals surface area (Å²) >= 11 is 0. The highest BCUT2D eigenvalue weighted by Crippen LogP contribution is 2.14. The van der Waals surface area contributed by atoms with E-state index in [9.17, 15) is 13.6 Å². The maximum absolute atomic E-state index is 12.0. The lowest BCUT2D eigenvalue weighted by Crippen LogP contribution is -2.23. The van der Waals surface area contributed by atoms with E-state index in [1.165, 1.54) is 24.3 Å². The van der Waals surface area contributed by atoms with Gasteiger partial charge in [0.2, 0.25) is 0 Å². The minimum atomic E-state index is -2.88. The van der Waals surface area contributed by atoms with Crippen LogP contribution in [-0.2, 0) is 13.6 Å². The Morgan fingerprint density at radius 2 is 2.05 bits per heavy atom. The zero-order chi connectivity index (χ0) is 15.4. The first-order valence-electron chi connectivity index (χ1n) is 6.28. The molecule has 0 saturated carbocycles. The number of aryl methyl sites for hydroxylation is 2. The number of amides is 1. The molecule has 1 N–H and O–H groups in total. The van der Waals surface area contributed by atoms with Gasteiger partial charge >= 0.3 is 6.61 Å². The largest absolute Gasteiger partial charge is 0.435 e. The van der Waals surface area contributed by atoms with Crippen LogP contribution in [0.25, 0.3) is 0 Å². The zero-order valence-electron chi connectivity index (χ0n) is 11.6. The van der Waals surface area contributed by atoms with E-state index in [1.54, 1.807) is 4.68 Å². The van der Waals surface area contributed by atoms with E-state index in [1.807, 2.05) is 20.0 Å². The van der Waals surface area contributed by atoms with E-state index in [4.69, 9.17) is 0 Å². The van der Waals surface area contributed by atoms with Crippen LogP contribution in [-0.4, -0.2) is 22.3 Å². The fourth-order valence-electron chi connectivity index (χ4n) is 1.78. The van der Waals surface area contributed by atoms with Gasteiger partial charge in [-0.05, 0) is 37.3 Å². The number of benzene rings is 1. The number of halogens is 2. The van der Waals surface area contributed by atoms with Crippen molar-refractivity contribution in [3.05, 3.63) is 47.3 Å². The number of nitrogens with zero attached hydrogens (tertiary/aromatic N) is 2. The van der Waals surface area contributed by atoms with Gasteiger partial charge in [0, 0.05) is 18.3 Å². The lowest BCUT2D eigenvalue weighted by Gasteiger charge is -2.06. The maximum atomic E-state index is 12.0. The van der Waals surface area contributed by atoms with Crippen LogP contribution in [0.5, 0.6) is 5.75 Å². The Balaban J connectivity index is 1.93. The molecular weight excluding hydrogens is 280 g/mol. The van der Waals surface area contributed by atoms with Crippen molar-refractivity contribution in [2.75, 3.05) is 0 Å². The second kappa shape index (κ2) is 6.34. The molecule has 1 heterocycles. The predicted molar refractivity (Wildman–Crippen MR) is 72.2 cm³/mol. The van der Waals surface area contributed by atoms with E-state index in [-0.39, 0.29) is 11.7 Å². The van der Waals surface area contributed by atoms with Crippen LogP contribution < -0.4 is 10.1 Å². The first-order chi connectivity index (χ1) is 9.95. The minimum Gasteiger partial charge on any atom is -0.435 e. The number of hydrogen-bond acceptors (Lipinski definition) is 3. The monoisotopic (exact) mass is 295 g/mol. The minimum absolute atomic E-state index is 0.0156. The van der Waals surface area contributed by atoms with Crippen molar-refractivity contribution >= 4 is 5.91 Å². The molecule has 0 spiro atoms. The molecule has 1 aromatic carbocycles. The maximum Gasteiger partial charge on any atom is 0.387 e. The first kappa shape index (κ1) is 15.0. The molecule has 0 fully saturated rings. The summed E-state index contributed by atoms with van der Waals surface area (Å²) < 4.78 is 30.0. The molecule has 0 radical (unpaired) electrons. The van der Waals surface area contributed by atoms with Crippen LogP contribution in [0.15, 0.2) is 30.3 Å². The van der Waals surface area contributed by atoms with Crippen LogP contribution >= 0.6 is 0 Å². The molecule has 21 heavy (non-hydrogen) atoms. The third-order valence-corrected chi connectivity index (χ3v) is 2.94. The Labute approximate surface area is 120 Å². The highest BCUT2D eigenvalue weighted by atomic mass is 19.3. The number of carbonyl (C=O) groups excluding carboxylic acids is 1. The Bertz CT molecular complexity index is 604. The molecule has 1 amide bonds. The Morgan fingerprint density at radius 3 is 2.57 bits per heavy atom. The SMILES string of the molecule is Cc1cc(CNC(=O)c2ccc(OC(F)F)cc2)nn1C. The van der Waals surface area contributed by atoms with Crippen molar-refractivity contribution in [3.8, 4) is 5.75 Å². The van der Waals surface area contributed by atoms with Gasteiger partial charge in [-0.2, -0.15) is 13.9 Å². The van der Waals surface area contributed by atoms with E-state index < -0.39 is 6.61 Å². The first-order valence-corrected chi connectivity index (χ1v) is 6.28. The molecule has 0 aliphatic rings. The van der Waals surface area contributed by atoms with Crippen molar-refractivity contribution in [3.63, 3.8) is 0 Å². The van der Waals surface area contributed by atoms with E-state index in [2.05, 4.69) is 15.2 Å². The molecule has 0 unspecified atom stereocenters. The Morgan fingerprint density at radius 1 is 1.38 bits per heavy atom. The number of hydrogen-bond donors (Lipinski definition) is 1. The van der Waals surface area contributed by atoms with Crippen molar-refractivity contribution in [1.82, 2.24) is 15.1 Å². The summed E-state index contributed by atoms with van der Waals surface area (Å²) in [6.07, 6.45) is 0. The molecule has 2 rings (SSSR count). The summed E-state index contributed by atoms with van der Waals surface area (Å²) in [6.45, 7) is -0.660. The third-order valence-electron chi connectivity index (χ3n) is 2.94. The average molecular weight is 295 g/mol. The molecule has 0 saturated heterocycles. The van der Waals surface area contributed by atoms with Crippen molar-refractivity contribution < 1.29 is 18.3 Å². The molecule has 2 aromatic rings. The number of ether oxygens (including phenoxy) is 1. The molecule has 1 aromatic heterocycles. The number of rotatable bonds is 5. The normalized spacial score (nSPS) is 10.7.